The first-order valence-corrected chi connectivity index (χ1v) is 15.2. The van der Waals surface area contributed by atoms with E-state index in [0.29, 0.717) is 49.9 Å². The molecular formula is C32H39F2N9O3. The summed E-state index contributed by atoms with van der Waals surface area (Å²) in [7, 11) is 0. The highest BCUT2D eigenvalue weighted by atomic mass is 19.1. The number of ether oxygens (including phenoxy) is 1. The molecule has 244 valence electrons. The number of piperazine rings is 1. The van der Waals surface area contributed by atoms with Gasteiger partial charge in [0.15, 0.2) is 11.6 Å². The highest BCUT2D eigenvalue weighted by Gasteiger charge is 2.23. The van der Waals surface area contributed by atoms with E-state index >= 15 is 4.39 Å². The van der Waals surface area contributed by atoms with Crippen molar-refractivity contribution in [3.05, 3.63) is 59.7 Å². The lowest BCUT2D eigenvalue weighted by Gasteiger charge is -2.34. The van der Waals surface area contributed by atoms with Crippen LogP contribution in [-0.2, 0) is 16.1 Å². The number of amides is 2. The quantitative estimate of drug-likeness (QED) is 0.276. The highest BCUT2D eigenvalue weighted by molar-refractivity contribution is 5.83. The lowest BCUT2D eigenvalue weighted by Crippen LogP contribution is -2.51. The van der Waals surface area contributed by atoms with Gasteiger partial charge >= 0.3 is 6.09 Å². The number of pyridine rings is 1. The normalized spacial score (nSPS) is 14.2. The zero-order valence-corrected chi connectivity index (χ0v) is 26.9. The van der Waals surface area contributed by atoms with E-state index in [0.717, 1.165) is 11.8 Å². The molecule has 1 aromatic carbocycles. The number of anilines is 2. The fourth-order valence-corrected chi connectivity index (χ4v) is 5.38. The number of halogens is 2. The van der Waals surface area contributed by atoms with Crippen molar-refractivity contribution in [2.75, 3.05) is 38.0 Å². The largest absolute Gasteiger partial charge is 0.444 e. The summed E-state index contributed by atoms with van der Waals surface area (Å²) in [6.07, 6.45) is 2.16. The zero-order chi connectivity index (χ0) is 33.2. The zero-order valence-electron chi connectivity index (χ0n) is 26.9. The molecule has 0 radical (unpaired) electrons. The molecule has 0 saturated carbocycles. The molecule has 4 heterocycles. The summed E-state index contributed by atoms with van der Waals surface area (Å²) in [5.41, 5.74) is 1.38. The lowest BCUT2D eigenvalue weighted by molar-refractivity contribution is -0.132. The van der Waals surface area contributed by atoms with Crippen molar-refractivity contribution in [3.8, 4) is 11.3 Å². The summed E-state index contributed by atoms with van der Waals surface area (Å²) in [4.78, 5) is 45.5. The Labute approximate surface area is 266 Å². The molecule has 0 atom stereocenters. The SMILES string of the molecule is Cc1nc2c(F)cc(-c3nc(Nc4ccc(CN5CCN(C(=O)CNC(=O)OC(C)(C)C)CC5)cn4)ncc3F)cc2n1C(C)C. The molecule has 14 heteroatoms. The first-order chi connectivity index (χ1) is 21.8. The first-order valence-electron chi connectivity index (χ1n) is 15.2. The fourth-order valence-electron chi connectivity index (χ4n) is 5.38. The Morgan fingerprint density at radius 2 is 1.74 bits per heavy atom. The summed E-state index contributed by atoms with van der Waals surface area (Å²) in [5.74, 6) is -0.138. The predicted octanol–water partition coefficient (Wildman–Crippen LogP) is 4.97. The van der Waals surface area contributed by atoms with Crippen LogP contribution in [0.4, 0.5) is 25.3 Å². The minimum absolute atomic E-state index is 0.0368. The molecule has 0 bridgehead atoms. The molecule has 0 unspecified atom stereocenters. The number of benzene rings is 1. The van der Waals surface area contributed by atoms with Gasteiger partial charge in [0.2, 0.25) is 11.9 Å². The molecule has 2 N–H and O–H groups in total. The summed E-state index contributed by atoms with van der Waals surface area (Å²) in [6.45, 7) is 14.0. The lowest BCUT2D eigenvalue weighted by atomic mass is 10.1. The number of alkyl carbamates (subject to hydrolysis) is 1. The smallest absolute Gasteiger partial charge is 0.408 e. The Kier molecular flexibility index (Phi) is 9.47. The maximum atomic E-state index is 15.0. The van der Waals surface area contributed by atoms with Crippen LogP contribution in [0.2, 0.25) is 0 Å². The summed E-state index contributed by atoms with van der Waals surface area (Å²) >= 11 is 0. The van der Waals surface area contributed by atoms with E-state index in [1.54, 1.807) is 44.0 Å². The highest BCUT2D eigenvalue weighted by Crippen LogP contribution is 2.30. The number of hydrogen-bond acceptors (Lipinski definition) is 9. The first kappa shape index (κ1) is 32.7. The fraction of sp³-hybridized carbons (Fsp3) is 0.438. The van der Waals surface area contributed by atoms with Gasteiger partial charge in [-0.05, 0) is 65.3 Å². The van der Waals surface area contributed by atoms with Gasteiger partial charge in [-0.25, -0.2) is 33.5 Å². The van der Waals surface area contributed by atoms with Gasteiger partial charge in [0, 0.05) is 50.5 Å². The van der Waals surface area contributed by atoms with Crippen LogP contribution in [0.15, 0.2) is 36.7 Å². The standard InChI is InChI=1S/C32H39F2N9O3/c1-19(2)43-20(3)38-29-23(33)13-22(14-25(29)43)28-24(34)16-36-30(40-28)39-26-8-7-21(15-35-26)18-41-9-11-42(12-10-41)27(44)17-37-31(45)46-32(4,5)6/h7-8,13-16,19H,9-12,17-18H2,1-6H3,(H,37,45)(H,35,36,39,40). The Bertz CT molecular complexity index is 1730. The number of imidazole rings is 1. The van der Waals surface area contributed by atoms with Crippen LogP contribution in [0.25, 0.3) is 22.3 Å². The van der Waals surface area contributed by atoms with Gasteiger partial charge in [0.1, 0.15) is 35.0 Å². The van der Waals surface area contributed by atoms with Gasteiger partial charge < -0.3 is 24.8 Å². The molecule has 5 rings (SSSR count). The minimum Gasteiger partial charge on any atom is -0.444 e. The van der Waals surface area contributed by atoms with Crippen molar-refractivity contribution in [1.29, 1.82) is 0 Å². The third-order valence-corrected chi connectivity index (χ3v) is 7.44. The van der Waals surface area contributed by atoms with Crippen molar-refractivity contribution in [1.82, 2.24) is 39.6 Å². The monoisotopic (exact) mass is 635 g/mol. The van der Waals surface area contributed by atoms with Crippen LogP contribution in [0, 0.1) is 18.6 Å². The van der Waals surface area contributed by atoms with Crippen LogP contribution < -0.4 is 10.6 Å². The topological polar surface area (TPSA) is 130 Å². The third-order valence-electron chi connectivity index (χ3n) is 7.44. The van der Waals surface area contributed by atoms with Crippen molar-refractivity contribution in [2.45, 2.75) is 59.7 Å². The van der Waals surface area contributed by atoms with Gasteiger partial charge in [0.05, 0.1) is 11.7 Å². The molecule has 3 aromatic heterocycles. The van der Waals surface area contributed by atoms with E-state index in [-0.39, 0.29) is 41.2 Å². The van der Waals surface area contributed by atoms with Gasteiger partial charge in [-0.2, -0.15) is 0 Å². The summed E-state index contributed by atoms with van der Waals surface area (Å²) in [6, 6.07) is 6.66. The van der Waals surface area contributed by atoms with Crippen molar-refractivity contribution < 1.29 is 23.1 Å². The summed E-state index contributed by atoms with van der Waals surface area (Å²) in [5, 5.41) is 5.51. The maximum Gasteiger partial charge on any atom is 0.408 e. The average molecular weight is 636 g/mol. The van der Waals surface area contributed by atoms with Gasteiger partial charge in [0.25, 0.3) is 0 Å². The van der Waals surface area contributed by atoms with Gasteiger partial charge in [-0.15, -0.1) is 0 Å². The van der Waals surface area contributed by atoms with E-state index in [2.05, 4.69) is 35.5 Å². The van der Waals surface area contributed by atoms with Crippen LogP contribution in [0.5, 0.6) is 0 Å². The molecular weight excluding hydrogens is 596 g/mol. The molecule has 12 nitrogen and oxygen atoms in total. The Hall–Kier alpha value is -4.72. The second-order valence-electron chi connectivity index (χ2n) is 12.5. The van der Waals surface area contributed by atoms with E-state index in [1.165, 1.54) is 6.07 Å². The van der Waals surface area contributed by atoms with E-state index in [1.807, 2.05) is 31.4 Å². The number of nitrogens with zero attached hydrogens (tertiary/aromatic N) is 7. The molecule has 1 aliphatic heterocycles. The molecule has 2 amide bonds. The van der Waals surface area contributed by atoms with Crippen LogP contribution in [0.3, 0.4) is 0 Å². The van der Waals surface area contributed by atoms with Gasteiger partial charge in [-0.1, -0.05) is 6.07 Å². The van der Waals surface area contributed by atoms with Gasteiger partial charge in [-0.3, -0.25) is 9.69 Å². The van der Waals surface area contributed by atoms with Crippen LogP contribution >= 0.6 is 0 Å². The van der Waals surface area contributed by atoms with Crippen molar-refractivity contribution in [2.24, 2.45) is 0 Å². The minimum atomic E-state index is -0.680. The molecule has 0 aliphatic carbocycles. The predicted molar refractivity (Wildman–Crippen MR) is 169 cm³/mol. The second-order valence-corrected chi connectivity index (χ2v) is 12.5. The van der Waals surface area contributed by atoms with E-state index in [4.69, 9.17) is 4.74 Å². The maximum absolute atomic E-state index is 15.0. The second kappa shape index (κ2) is 13.3. The number of aromatic nitrogens is 5. The number of aryl methyl sites for hydroxylation is 1. The Balaban J connectivity index is 1.18. The number of carbonyl (C=O) groups excluding carboxylic acids is 2. The third kappa shape index (κ3) is 7.73. The average Bonchev–Trinajstić information content (AvgIpc) is 3.34. The van der Waals surface area contributed by atoms with E-state index in [9.17, 15) is 14.0 Å². The molecule has 1 fully saturated rings. The number of hydrogen-bond donors (Lipinski definition) is 2. The Morgan fingerprint density at radius 1 is 1.00 bits per heavy atom. The number of nitrogens with one attached hydrogen (secondary N) is 2. The molecule has 0 spiro atoms. The molecule has 1 aliphatic rings. The van der Waals surface area contributed by atoms with Crippen LogP contribution in [-0.4, -0.2) is 84.6 Å². The molecule has 4 aromatic rings. The Morgan fingerprint density at radius 3 is 2.39 bits per heavy atom. The number of rotatable bonds is 8. The van der Waals surface area contributed by atoms with Crippen LogP contribution in [0.1, 0.15) is 52.0 Å². The molecule has 1 saturated heterocycles. The molecule has 46 heavy (non-hydrogen) atoms. The van der Waals surface area contributed by atoms with Crippen molar-refractivity contribution >= 4 is 34.8 Å². The van der Waals surface area contributed by atoms with Crippen molar-refractivity contribution in [3.63, 3.8) is 0 Å². The number of carbonyl (C=O) groups is 2. The van der Waals surface area contributed by atoms with E-state index < -0.39 is 23.3 Å². The number of fused-ring (bicyclic) bond motifs is 1. The summed E-state index contributed by atoms with van der Waals surface area (Å²) < 4.78 is 37.0.